The van der Waals surface area contributed by atoms with Crippen LogP contribution in [0.25, 0.3) is 23.0 Å². The van der Waals surface area contributed by atoms with Gasteiger partial charge in [0.25, 0.3) is 5.69 Å². The van der Waals surface area contributed by atoms with Crippen molar-refractivity contribution in [1.82, 2.24) is 19.8 Å². The number of carbonyl (C=O) groups is 1. The highest BCUT2D eigenvalue weighted by Crippen LogP contribution is 2.20. The number of nitro benzene ring substituents is 1. The topological polar surface area (TPSA) is 115 Å². The molecule has 9 heteroatoms. The molecule has 4 aromatic rings. The molecule has 2 heterocycles. The smallest absolute Gasteiger partial charge is 0.269 e. The maximum Gasteiger partial charge on any atom is 0.269 e. The Morgan fingerprint density at radius 2 is 1.77 bits per heavy atom. The molecule has 0 saturated heterocycles. The Morgan fingerprint density at radius 1 is 1.03 bits per heavy atom. The number of nitrogens with one attached hydrogen (secondary N) is 1. The molecule has 1 N–H and O–H groups in total. The van der Waals surface area contributed by atoms with Gasteiger partial charge in [-0.05, 0) is 55.0 Å². The number of aromatic nitrogens is 4. The van der Waals surface area contributed by atoms with E-state index in [-0.39, 0.29) is 11.6 Å². The third-order valence-electron chi connectivity index (χ3n) is 4.40. The summed E-state index contributed by atoms with van der Waals surface area (Å²) >= 11 is 0. The number of nitrogens with zero attached hydrogens (tertiary/aromatic N) is 5. The van der Waals surface area contributed by atoms with Crippen molar-refractivity contribution < 1.29 is 9.72 Å². The van der Waals surface area contributed by atoms with Crippen molar-refractivity contribution in [3.05, 3.63) is 88.2 Å². The second-order valence-corrected chi connectivity index (χ2v) is 6.48. The van der Waals surface area contributed by atoms with Crippen LogP contribution >= 0.6 is 0 Å². The Bertz CT molecular complexity index is 1260. The molecular weight excluding hydrogens is 384 g/mol. The molecule has 0 unspecified atom stereocenters. The van der Waals surface area contributed by atoms with Crippen molar-refractivity contribution in [3.63, 3.8) is 0 Å². The number of aryl methyl sites for hydroxylation is 1. The van der Waals surface area contributed by atoms with E-state index in [1.54, 1.807) is 34.9 Å². The standard InChI is InChI=1S/C21H16N6O3/c1-14-23-24-20-12-11-19(25-26(14)20)16-5-7-17(8-6-16)22-21(28)13-4-15-2-9-18(10-3-15)27(29)30/h2-13H,1H3,(H,22,28)/b13-4+. The highest BCUT2D eigenvalue weighted by molar-refractivity contribution is 6.02. The normalized spacial score (nSPS) is 11.1. The zero-order valence-electron chi connectivity index (χ0n) is 15.9. The van der Waals surface area contributed by atoms with Crippen LogP contribution in [0.5, 0.6) is 0 Å². The lowest BCUT2D eigenvalue weighted by atomic mass is 10.1. The minimum atomic E-state index is -0.467. The largest absolute Gasteiger partial charge is 0.323 e. The molecule has 0 aliphatic rings. The summed E-state index contributed by atoms with van der Waals surface area (Å²) in [4.78, 5) is 22.3. The summed E-state index contributed by atoms with van der Waals surface area (Å²) in [5.74, 6) is 0.399. The highest BCUT2D eigenvalue weighted by Gasteiger charge is 2.06. The van der Waals surface area contributed by atoms with Crippen LogP contribution in [0, 0.1) is 17.0 Å². The Morgan fingerprint density at radius 3 is 2.47 bits per heavy atom. The molecule has 0 saturated carbocycles. The fourth-order valence-corrected chi connectivity index (χ4v) is 2.84. The fraction of sp³-hybridized carbons (Fsp3) is 0.0476. The summed E-state index contributed by atoms with van der Waals surface area (Å²) < 4.78 is 1.67. The molecule has 0 radical (unpaired) electrons. The number of fused-ring (bicyclic) bond motifs is 1. The molecule has 9 nitrogen and oxygen atoms in total. The lowest BCUT2D eigenvalue weighted by molar-refractivity contribution is -0.384. The van der Waals surface area contributed by atoms with Crippen LogP contribution in [-0.4, -0.2) is 30.6 Å². The molecule has 2 aromatic heterocycles. The first kappa shape index (κ1) is 18.9. The van der Waals surface area contributed by atoms with Gasteiger partial charge in [0.15, 0.2) is 11.5 Å². The zero-order chi connectivity index (χ0) is 21.1. The summed E-state index contributed by atoms with van der Waals surface area (Å²) in [5, 5.41) is 26.0. The van der Waals surface area contributed by atoms with Crippen molar-refractivity contribution in [3.8, 4) is 11.3 Å². The van der Waals surface area contributed by atoms with Crippen LogP contribution in [-0.2, 0) is 4.79 Å². The van der Waals surface area contributed by atoms with E-state index in [2.05, 4.69) is 20.6 Å². The van der Waals surface area contributed by atoms with Gasteiger partial charge in [-0.2, -0.15) is 9.61 Å². The van der Waals surface area contributed by atoms with Crippen molar-refractivity contribution in [2.75, 3.05) is 5.32 Å². The van der Waals surface area contributed by atoms with E-state index in [4.69, 9.17) is 0 Å². The minimum Gasteiger partial charge on any atom is -0.323 e. The highest BCUT2D eigenvalue weighted by atomic mass is 16.6. The predicted octanol–water partition coefficient (Wildman–Crippen LogP) is 3.66. The number of carbonyl (C=O) groups excluding carboxylic acids is 1. The molecular formula is C21H16N6O3. The first-order valence-corrected chi connectivity index (χ1v) is 9.03. The van der Waals surface area contributed by atoms with E-state index in [1.807, 2.05) is 31.2 Å². The summed E-state index contributed by atoms with van der Waals surface area (Å²) in [5.41, 5.74) is 3.67. The van der Waals surface area contributed by atoms with Gasteiger partial charge in [-0.15, -0.1) is 10.2 Å². The number of nitro groups is 1. The number of hydrogen-bond acceptors (Lipinski definition) is 6. The van der Waals surface area contributed by atoms with E-state index in [0.717, 1.165) is 11.3 Å². The molecule has 0 aliphatic carbocycles. The van der Waals surface area contributed by atoms with E-state index >= 15 is 0 Å². The van der Waals surface area contributed by atoms with Crippen LogP contribution in [0.1, 0.15) is 11.4 Å². The number of amides is 1. The van der Waals surface area contributed by atoms with Gasteiger partial charge < -0.3 is 5.32 Å². The third-order valence-corrected chi connectivity index (χ3v) is 4.40. The van der Waals surface area contributed by atoms with Crippen molar-refractivity contribution in [2.24, 2.45) is 0 Å². The van der Waals surface area contributed by atoms with Gasteiger partial charge in [-0.25, -0.2) is 0 Å². The molecule has 2 aromatic carbocycles. The van der Waals surface area contributed by atoms with E-state index in [1.165, 1.54) is 18.2 Å². The van der Waals surface area contributed by atoms with Gasteiger partial charge in [-0.3, -0.25) is 14.9 Å². The Hall–Kier alpha value is -4.40. The number of anilines is 1. The van der Waals surface area contributed by atoms with Crippen LogP contribution in [0.2, 0.25) is 0 Å². The molecule has 1 amide bonds. The van der Waals surface area contributed by atoms with Crippen LogP contribution < -0.4 is 5.32 Å². The summed E-state index contributed by atoms with van der Waals surface area (Å²) in [7, 11) is 0. The molecule has 0 atom stereocenters. The van der Waals surface area contributed by atoms with Crippen LogP contribution in [0.3, 0.4) is 0 Å². The van der Waals surface area contributed by atoms with Gasteiger partial charge in [0.1, 0.15) is 0 Å². The average Bonchev–Trinajstić information content (AvgIpc) is 3.13. The van der Waals surface area contributed by atoms with Crippen LogP contribution in [0.4, 0.5) is 11.4 Å². The van der Waals surface area contributed by atoms with Gasteiger partial charge in [0, 0.05) is 29.5 Å². The lowest BCUT2D eigenvalue weighted by Gasteiger charge is -2.05. The quantitative estimate of drug-likeness (QED) is 0.310. The zero-order valence-corrected chi connectivity index (χ0v) is 15.9. The predicted molar refractivity (Wildman–Crippen MR) is 112 cm³/mol. The van der Waals surface area contributed by atoms with Gasteiger partial charge in [0.2, 0.25) is 5.91 Å². The number of hydrogen-bond donors (Lipinski definition) is 1. The van der Waals surface area contributed by atoms with E-state index in [0.29, 0.717) is 22.7 Å². The van der Waals surface area contributed by atoms with Crippen molar-refractivity contribution in [1.29, 1.82) is 0 Å². The molecule has 4 rings (SSSR count). The van der Waals surface area contributed by atoms with Crippen molar-refractivity contribution in [2.45, 2.75) is 6.92 Å². The fourth-order valence-electron chi connectivity index (χ4n) is 2.84. The summed E-state index contributed by atoms with van der Waals surface area (Å²) in [6.07, 6.45) is 2.97. The minimum absolute atomic E-state index is 0.00444. The Labute approximate surface area is 170 Å². The average molecular weight is 400 g/mol. The summed E-state index contributed by atoms with van der Waals surface area (Å²) in [6, 6.07) is 17.0. The molecule has 0 spiro atoms. The molecule has 0 bridgehead atoms. The first-order chi connectivity index (χ1) is 14.5. The molecule has 0 aliphatic heterocycles. The number of non-ortho nitro benzene ring substituents is 1. The second kappa shape index (κ2) is 7.92. The molecule has 0 fully saturated rings. The summed E-state index contributed by atoms with van der Waals surface area (Å²) in [6.45, 7) is 1.83. The maximum atomic E-state index is 12.1. The van der Waals surface area contributed by atoms with Gasteiger partial charge in [-0.1, -0.05) is 12.1 Å². The third kappa shape index (κ3) is 4.04. The number of rotatable bonds is 5. The van der Waals surface area contributed by atoms with Gasteiger partial charge in [0.05, 0.1) is 10.6 Å². The lowest BCUT2D eigenvalue weighted by Crippen LogP contribution is -2.07. The second-order valence-electron chi connectivity index (χ2n) is 6.48. The van der Waals surface area contributed by atoms with E-state index < -0.39 is 4.92 Å². The van der Waals surface area contributed by atoms with Crippen LogP contribution in [0.15, 0.2) is 66.7 Å². The molecule has 148 valence electrons. The first-order valence-electron chi connectivity index (χ1n) is 9.03. The van der Waals surface area contributed by atoms with Gasteiger partial charge >= 0.3 is 0 Å². The number of benzene rings is 2. The SMILES string of the molecule is Cc1nnc2ccc(-c3ccc(NC(=O)/C=C/c4ccc([N+](=O)[O-])cc4)cc3)nn12. The van der Waals surface area contributed by atoms with E-state index in [9.17, 15) is 14.9 Å². The Kier molecular flexibility index (Phi) is 5.00. The Balaban J connectivity index is 1.42. The monoisotopic (exact) mass is 400 g/mol. The molecule has 30 heavy (non-hydrogen) atoms. The van der Waals surface area contributed by atoms with Crippen molar-refractivity contribution >= 4 is 29.0 Å². The maximum absolute atomic E-state index is 12.1.